The molecule has 0 unspecified atom stereocenters. The Morgan fingerprint density at radius 1 is 1.22 bits per heavy atom. The van der Waals surface area contributed by atoms with E-state index in [0.29, 0.717) is 5.57 Å². The van der Waals surface area contributed by atoms with Crippen LogP contribution < -0.4 is 10.6 Å². The first-order chi connectivity index (χ1) is 15.2. The number of nitrogens with zero attached hydrogens (tertiary/aromatic N) is 2. The topological polar surface area (TPSA) is 119 Å². The highest BCUT2D eigenvalue weighted by Crippen LogP contribution is 2.27. The Morgan fingerprint density at radius 3 is 2.56 bits per heavy atom. The van der Waals surface area contributed by atoms with Crippen LogP contribution in [0.5, 0.6) is 0 Å². The molecule has 1 aromatic heterocycles. The molecule has 0 atom stereocenters. The number of nitriles is 1. The number of allylic oxidation sites excluding steroid dienone is 4. The van der Waals surface area contributed by atoms with Crippen LogP contribution >= 0.6 is 0 Å². The monoisotopic (exact) mass is 443 g/mol. The zero-order valence-electron chi connectivity index (χ0n) is 16.9. The second kappa shape index (κ2) is 9.60. The molecule has 1 amide bonds. The molecule has 0 saturated heterocycles. The Bertz CT molecular complexity index is 1060. The van der Waals surface area contributed by atoms with Crippen molar-refractivity contribution < 1.29 is 22.8 Å². The number of pyridine rings is 1. The number of carbonyl (C=O) groups is 2. The molecule has 1 fully saturated rings. The molecule has 2 aliphatic carbocycles. The lowest BCUT2D eigenvalue weighted by atomic mass is 9.87. The van der Waals surface area contributed by atoms with Gasteiger partial charge in [0.05, 0.1) is 17.0 Å². The molecule has 1 aromatic rings. The van der Waals surface area contributed by atoms with Gasteiger partial charge in [-0.1, -0.05) is 6.07 Å². The van der Waals surface area contributed by atoms with Gasteiger partial charge in [-0.3, -0.25) is 4.79 Å². The van der Waals surface area contributed by atoms with Crippen molar-refractivity contribution in [2.75, 3.05) is 0 Å². The molecule has 7 nitrogen and oxygen atoms in total. The Labute approximate surface area is 182 Å². The highest BCUT2D eigenvalue weighted by molar-refractivity contribution is 6.11. The van der Waals surface area contributed by atoms with Gasteiger partial charge < -0.3 is 20.8 Å². The third-order valence-electron chi connectivity index (χ3n) is 5.27. The highest BCUT2D eigenvalue weighted by atomic mass is 19.4. The minimum Gasteiger partial charge on any atom is -0.388 e. The van der Waals surface area contributed by atoms with Crippen molar-refractivity contribution in [1.82, 2.24) is 15.6 Å². The molecule has 10 heteroatoms. The van der Waals surface area contributed by atoms with E-state index in [9.17, 15) is 28.0 Å². The fraction of sp³-hybridized carbons (Fsp3) is 0.318. The Balaban J connectivity index is 1.76. The molecule has 3 N–H and O–H groups in total. The van der Waals surface area contributed by atoms with Gasteiger partial charge in [0, 0.05) is 23.7 Å². The summed E-state index contributed by atoms with van der Waals surface area (Å²) in [6.45, 7) is 0. The maximum atomic E-state index is 12.9. The average Bonchev–Trinajstić information content (AvgIpc) is 2.78. The van der Waals surface area contributed by atoms with Gasteiger partial charge in [-0.2, -0.15) is 18.4 Å². The van der Waals surface area contributed by atoms with E-state index < -0.39 is 23.5 Å². The van der Waals surface area contributed by atoms with E-state index in [2.05, 4.69) is 15.6 Å². The number of halogens is 3. The van der Waals surface area contributed by atoms with Crippen molar-refractivity contribution in [3.63, 3.8) is 0 Å². The van der Waals surface area contributed by atoms with Gasteiger partial charge in [0.15, 0.2) is 0 Å². The zero-order chi connectivity index (χ0) is 23.3. The van der Waals surface area contributed by atoms with E-state index in [0.717, 1.165) is 50.2 Å². The van der Waals surface area contributed by atoms with Crippen LogP contribution in [0.2, 0.25) is 0 Å². The van der Waals surface area contributed by atoms with Crippen molar-refractivity contribution in [3.8, 4) is 6.07 Å². The van der Waals surface area contributed by atoms with E-state index in [1.165, 1.54) is 12.2 Å². The first kappa shape index (κ1) is 22.9. The molecule has 0 spiro atoms. The van der Waals surface area contributed by atoms with Crippen LogP contribution in [0.15, 0.2) is 53.4 Å². The summed E-state index contributed by atoms with van der Waals surface area (Å²) in [4.78, 5) is 26.7. The van der Waals surface area contributed by atoms with Gasteiger partial charge in [0.2, 0.25) is 0 Å². The fourth-order valence-corrected chi connectivity index (χ4v) is 3.47. The third kappa shape index (κ3) is 5.49. The largest absolute Gasteiger partial charge is 0.433 e. The Kier molecular flexibility index (Phi) is 6.88. The van der Waals surface area contributed by atoms with E-state index in [1.807, 2.05) is 6.07 Å². The molecule has 1 saturated carbocycles. The second-order valence-electron chi connectivity index (χ2n) is 7.52. The van der Waals surface area contributed by atoms with Gasteiger partial charge in [-0.05, 0) is 50.0 Å². The smallest absolute Gasteiger partial charge is 0.388 e. The third-order valence-corrected chi connectivity index (χ3v) is 5.27. The zero-order valence-corrected chi connectivity index (χ0v) is 16.9. The van der Waals surface area contributed by atoms with Crippen molar-refractivity contribution in [2.45, 2.75) is 37.9 Å². The number of carbonyl (C=O) groups excluding carboxylic acids is 2. The lowest BCUT2D eigenvalue weighted by Crippen LogP contribution is -2.31. The summed E-state index contributed by atoms with van der Waals surface area (Å²) in [6.07, 6.45) is 3.72. The van der Waals surface area contributed by atoms with Crippen LogP contribution in [0.25, 0.3) is 0 Å². The van der Waals surface area contributed by atoms with Gasteiger partial charge in [-0.15, -0.1) is 0 Å². The van der Waals surface area contributed by atoms with E-state index in [4.69, 9.17) is 5.41 Å². The molecule has 0 aliphatic heterocycles. The van der Waals surface area contributed by atoms with Gasteiger partial charge in [-0.25, -0.2) is 4.98 Å². The van der Waals surface area contributed by atoms with Crippen LogP contribution in [-0.4, -0.2) is 28.9 Å². The predicted octanol–water partition coefficient (Wildman–Crippen LogP) is 3.43. The molecule has 2 aliphatic rings. The molecule has 0 bridgehead atoms. The fourth-order valence-electron chi connectivity index (χ4n) is 3.47. The van der Waals surface area contributed by atoms with Gasteiger partial charge >= 0.3 is 6.18 Å². The average molecular weight is 443 g/mol. The maximum absolute atomic E-state index is 12.9. The van der Waals surface area contributed by atoms with E-state index in [-0.39, 0.29) is 28.9 Å². The maximum Gasteiger partial charge on any atom is 0.433 e. The molecule has 0 aromatic carbocycles. The number of aldehydes is 1. The lowest BCUT2D eigenvalue weighted by Gasteiger charge is -2.26. The van der Waals surface area contributed by atoms with Crippen LogP contribution in [0.3, 0.4) is 0 Å². The summed E-state index contributed by atoms with van der Waals surface area (Å²) in [6, 6.07) is 4.97. The van der Waals surface area contributed by atoms with Crippen molar-refractivity contribution in [1.29, 1.82) is 10.7 Å². The molecule has 0 radical (unpaired) electrons. The molecule has 166 valence electrons. The summed E-state index contributed by atoms with van der Waals surface area (Å²) in [7, 11) is 0. The molecule has 32 heavy (non-hydrogen) atoms. The van der Waals surface area contributed by atoms with Crippen molar-refractivity contribution in [2.24, 2.45) is 5.92 Å². The number of amides is 1. The minimum atomic E-state index is -4.69. The highest BCUT2D eigenvalue weighted by Gasteiger charge is 2.33. The minimum absolute atomic E-state index is 0.000956. The number of hydrogen-bond acceptors (Lipinski definition) is 6. The summed E-state index contributed by atoms with van der Waals surface area (Å²) < 4.78 is 38.6. The van der Waals surface area contributed by atoms with E-state index in [1.54, 1.807) is 6.20 Å². The normalized spacial score (nSPS) is 22.4. The number of alkyl halides is 3. The lowest BCUT2D eigenvalue weighted by molar-refractivity contribution is -0.141. The molecule has 3 rings (SSSR count). The number of aromatic nitrogens is 1. The molecular weight excluding hydrogens is 423 g/mol. The Morgan fingerprint density at radius 2 is 1.94 bits per heavy atom. The van der Waals surface area contributed by atoms with Gasteiger partial charge in [0.25, 0.3) is 5.91 Å². The number of hydrogen-bond donors (Lipinski definition) is 3. The second-order valence-corrected chi connectivity index (χ2v) is 7.52. The number of nitrogens with one attached hydrogen (secondary N) is 3. The molecule has 1 heterocycles. The quantitative estimate of drug-likeness (QED) is 0.603. The first-order valence-corrected chi connectivity index (χ1v) is 9.91. The SMILES string of the molecule is N#CC1=CC(=N)/C(=C\NC2CCC(C=O)CC2)C=C1NC(=O)c1cccc(C(F)(F)F)n1. The standard InChI is InChI=1S/C22H20F3N5O2/c23-22(24,25)20-3-1-2-18(29-20)21(32)30-19-9-15(17(27)8-14(19)10-26)11-28-16-6-4-13(12-31)5-7-16/h1-3,8-9,11-13,16,27-28H,4-7H2,(H,30,32)/b15-11-,27-17?. The van der Waals surface area contributed by atoms with Crippen LogP contribution in [0.1, 0.15) is 41.9 Å². The summed E-state index contributed by atoms with van der Waals surface area (Å²) in [5.74, 6) is -0.836. The van der Waals surface area contributed by atoms with E-state index >= 15 is 0 Å². The van der Waals surface area contributed by atoms with Gasteiger partial charge in [0.1, 0.15) is 23.7 Å². The predicted molar refractivity (Wildman–Crippen MR) is 109 cm³/mol. The Hall–Kier alpha value is -3.74. The van der Waals surface area contributed by atoms with Crippen LogP contribution in [-0.2, 0) is 11.0 Å². The summed E-state index contributed by atoms with van der Waals surface area (Å²) >= 11 is 0. The van der Waals surface area contributed by atoms with Crippen LogP contribution in [0.4, 0.5) is 13.2 Å². The van der Waals surface area contributed by atoms with Crippen LogP contribution in [0, 0.1) is 22.7 Å². The summed E-state index contributed by atoms with van der Waals surface area (Å²) in [5.41, 5.74) is -1.15. The summed E-state index contributed by atoms with van der Waals surface area (Å²) in [5, 5.41) is 23.1. The molecular formula is C22H20F3N5O2. The van der Waals surface area contributed by atoms with Crippen molar-refractivity contribution >= 4 is 17.9 Å². The first-order valence-electron chi connectivity index (χ1n) is 9.91. The number of rotatable bonds is 5. The van der Waals surface area contributed by atoms with Crippen molar-refractivity contribution in [3.05, 3.63) is 64.8 Å².